The Balaban J connectivity index is 1.45. The van der Waals surface area contributed by atoms with Crippen molar-refractivity contribution in [1.82, 2.24) is 10.2 Å². The van der Waals surface area contributed by atoms with Gasteiger partial charge in [-0.05, 0) is 11.1 Å². The fraction of sp³-hybridized carbons (Fsp3) is 0.176. The maximum atomic E-state index is 5.66. The first-order valence-electron chi connectivity index (χ1n) is 7.01. The third-order valence-corrected chi connectivity index (χ3v) is 4.87. The molecule has 0 spiro atoms. The molecule has 0 atom stereocenters. The minimum Gasteiger partial charge on any atom is -0.415 e. The summed E-state index contributed by atoms with van der Waals surface area (Å²) in [5, 5.41) is 8.83. The lowest BCUT2D eigenvalue weighted by Gasteiger charge is -1.98. The lowest BCUT2D eigenvalue weighted by atomic mass is 10.2. The summed E-state index contributed by atoms with van der Waals surface area (Å²) in [5.74, 6) is 3.24. The summed E-state index contributed by atoms with van der Waals surface area (Å²) < 4.78 is 5.66. The molecule has 0 aliphatic rings. The summed E-state index contributed by atoms with van der Waals surface area (Å²) in [5.41, 5.74) is 2.57. The first kappa shape index (κ1) is 15.2. The van der Waals surface area contributed by atoms with Gasteiger partial charge in [0.1, 0.15) is 0 Å². The molecule has 0 aliphatic carbocycles. The van der Waals surface area contributed by atoms with Crippen molar-refractivity contribution >= 4 is 23.5 Å². The highest BCUT2D eigenvalue weighted by atomic mass is 32.2. The average Bonchev–Trinajstić information content (AvgIpc) is 3.03. The summed E-state index contributed by atoms with van der Waals surface area (Å²) in [6.45, 7) is 0. The van der Waals surface area contributed by atoms with Crippen molar-refractivity contribution in [2.45, 2.75) is 22.5 Å². The Kier molecular flexibility index (Phi) is 5.56. The van der Waals surface area contributed by atoms with Gasteiger partial charge in [0.15, 0.2) is 0 Å². The summed E-state index contributed by atoms with van der Waals surface area (Å²) in [6, 6.07) is 20.7. The Hall–Kier alpha value is -1.72. The topological polar surface area (TPSA) is 38.9 Å². The molecule has 3 aromatic rings. The van der Waals surface area contributed by atoms with Crippen LogP contribution in [0.25, 0.3) is 0 Å². The van der Waals surface area contributed by atoms with Crippen LogP contribution in [0, 0.1) is 0 Å². The highest BCUT2D eigenvalue weighted by molar-refractivity contribution is 7.98. The molecule has 22 heavy (non-hydrogen) atoms. The number of benzene rings is 2. The summed E-state index contributed by atoms with van der Waals surface area (Å²) in [6.07, 6.45) is 0. The van der Waals surface area contributed by atoms with E-state index in [9.17, 15) is 0 Å². The Morgan fingerprint density at radius 3 is 2.05 bits per heavy atom. The van der Waals surface area contributed by atoms with E-state index in [4.69, 9.17) is 4.42 Å². The zero-order chi connectivity index (χ0) is 15.0. The number of nitrogens with zero attached hydrogens (tertiary/aromatic N) is 2. The van der Waals surface area contributed by atoms with Gasteiger partial charge in [-0.25, -0.2) is 0 Å². The Bertz CT molecular complexity index is 686. The van der Waals surface area contributed by atoms with Crippen molar-refractivity contribution in [3.05, 3.63) is 77.7 Å². The molecule has 3 rings (SSSR count). The fourth-order valence-corrected chi connectivity index (χ4v) is 3.46. The van der Waals surface area contributed by atoms with E-state index in [-0.39, 0.29) is 0 Å². The molecule has 1 aromatic heterocycles. The molecular weight excluding hydrogens is 312 g/mol. The van der Waals surface area contributed by atoms with Crippen LogP contribution in [0.5, 0.6) is 0 Å². The van der Waals surface area contributed by atoms with Crippen LogP contribution in [0.3, 0.4) is 0 Å². The second-order valence-corrected chi connectivity index (χ2v) is 6.63. The fourth-order valence-electron chi connectivity index (χ4n) is 1.90. The van der Waals surface area contributed by atoms with Crippen molar-refractivity contribution in [1.29, 1.82) is 0 Å². The van der Waals surface area contributed by atoms with Crippen LogP contribution < -0.4 is 0 Å². The van der Waals surface area contributed by atoms with Gasteiger partial charge in [-0.15, -0.1) is 22.0 Å². The molecule has 0 aliphatic heterocycles. The molecule has 0 unspecified atom stereocenters. The van der Waals surface area contributed by atoms with Gasteiger partial charge in [0.2, 0.25) is 5.89 Å². The van der Waals surface area contributed by atoms with Crippen molar-refractivity contribution in [2.75, 3.05) is 0 Å². The Morgan fingerprint density at radius 2 is 1.36 bits per heavy atom. The standard InChI is InChI=1S/C17H16N2OS2/c1-3-7-14(8-4-1)11-21-13-16-18-19-17(20-16)22-12-15-9-5-2-6-10-15/h1-10H,11-13H2. The number of aromatic nitrogens is 2. The highest BCUT2D eigenvalue weighted by Crippen LogP contribution is 2.23. The minimum atomic E-state index is 0.638. The van der Waals surface area contributed by atoms with Crippen LogP contribution in [-0.4, -0.2) is 10.2 Å². The third-order valence-electron chi connectivity index (χ3n) is 2.99. The minimum absolute atomic E-state index is 0.638. The van der Waals surface area contributed by atoms with E-state index in [0.717, 1.165) is 17.3 Å². The van der Waals surface area contributed by atoms with Gasteiger partial charge in [-0.2, -0.15) is 0 Å². The average molecular weight is 328 g/mol. The lowest BCUT2D eigenvalue weighted by Crippen LogP contribution is -1.83. The Morgan fingerprint density at radius 1 is 0.727 bits per heavy atom. The van der Waals surface area contributed by atoms with E-state index in [1.165, 1.54) is 11.1 Å². The number of thioether (sulfide) groups is 2. The molecule has 0 saturated carbocycles. The van der Waals surface area contributed by atoms with E-state index in [1.807, 2.05) is 24.3 Å². The molecule has 112 valence electrons. The monoisotopic (exact) mass is 328 g/mol. The van der Waals surface area contributed by atoms with E-state index < -0.39 is 0 Å². The summed E-state index contributed by atoms with van der Waals surface area (Å²) in [4.78, 5) is 0. The summed E-state index contributed by atoms with van der Waals surface area (Å²) in [7, 11) is 0. The molecule has 0 bridgehead atoms. The van der Waals surface area contributed by atoms with E-state index in [2.05, 4.69) is 46.6 Å². The normalized spacial score (nSPS) is 10.7. The third kappa shape index (κ3) is 4.64. The quantitative estimate of drug-likeness (QED) is 0.583. The van der Waals surface area contributed by atoms with Gasteiger partial charge in [0.25, 0.3) is 5.22 Å². The molecule has 0 N–H and O–H groups in total. The van der Waals surface area contributed by atoms with Crippen LogP contribution in [-0.2, 0) is 17.3 Å². The largest absolute Gasteiger partial charge is 0.415 e. The Labute approximate surface area is 138 Å². The van der Waals surface area contributed by atoms with Crippen LogP contribution in [0.1, 0.15) is 17.0 Å². The van der Waals surface area contributed by atoms with Gasteiger partial charge in [-0.3, -0.25) is 0 Å². The van der Waals surface area contributed by atoms with Crippen molar-refractivity contribution in [3.63, 3.8) is 0 Å². The van der Waals surface area contributed by atoms with Crippen LogP contribution in [0.2, 0.25) is 0 Å². The van der Waals surface area contributed by atoms with Gasteiger partial charge >= 0.3 is 0 Å². The second-order valence-electron chi connectivity index (χ2n) is 4.71. The van der Waals surface area contributed by atoms with E-state index in [1.54, 1.807) is 23.5 Å². The van der Waals surface area contributed by atoms with Crippen molar-refractivity contribution < 1.29 is 4.42 Å². The maximum Gasteiger partial charge on any atom is 0.276 e. The first-order chi connectivity index (χ1) is 10.9. The van der Waals surface area contributed by atoms with Gasteiger partial charge in [0, 0.05) is 11.5 Å². The molecule has 2 aromatic carbocycles. The SMILES string of the molecule is c1ccc(CSCc2nnc(SCc3ccccc3)o2)cc1. The molecule has 5 heteroatoms. The number of hydrogen-bond donors (Lipinski definition) is 0. The zero-order valence-corrected chi connectivity index (χ0v) is 13.6. The van der Waals surface area contributed by atoms with Gasteiger partial charge in [0.05, 0.1) is 5.75 Å². The van der Waals surface area contributed by atoms with Crippen LogP contribution in [0.15, 0.2) is 70.3 Å². The van der Waals surface area contributed by atoms with Gasteiger partial charge in [-0.1, -0.05) is 72.4 Å². The molecule has 1 heterocycles. The highest BCUT2D eigenvalue weighted by Gasteiger charge is 2.07. The van der Waals surface area contributed by atoms with Crippen molar-refractivity contribution in [3.8, 4) is 0 Å². The molecule has 0 radical (unpaired) electrons. The molecular formula is C17H16N2OS2. The number of rotatable bonds is 7. The maximum absolute atomic E-state index is 5.66. The van der Waals surface area contributed by atoms with Crippen LogP contribution in [0.4, 0.5) is 0 Å². The predicted molar refractivity (Wildman–Crippen MR) is 91.7 cm³/mol. The van der Waals surface area contributed by atoms with E-state index >= 15 is 0 Å². The lowest BCUT2D eigenvalue weighted by molar-refractivity contribution is 0.426. The summed E-state index contributed by atoms with van der Waals surface area (Å²) >= 11 is 3.36. The molecule has 0 saturated heterocycles. The van der Waals surface area contributed by atoms with E-state index in [0.29, 0.717) is 11.1 Å². The first-order valence-corrected chi connectivity index (χ1v) is 9.15. The molecule has 3 nitrogen and oxygen atoms in total. The number of hydrogen-bond acceptors (Lipinski definition) is 5. The van der Waals surface area contributed by atoms with Crippen LogP contribution >= 0.6 is 23.5 Å². The molecule has 0 fully saturated rings. The zero-order valence-electron chi connectivity index (χ0n) is 12.0. The second kappa shape index (κ2) is 8.06. The molecule has 0 amide bonds. The predicted octanol–water partition coefficient (Wildman–Crippen LogP) is 4.80. The van der Waals surface area contributed by atoms with Gasteiger partial charge < -0.3 is 4.42 Å². The smallest absolute Gasteiger partial charge is 0.276 e. The van der Waals surface area contributed by atoms with Crippen molar-refractivity contribution in [2.24, 2.45) is 0 Å².